The molecule has 1 fully saturated rings. The summed E-state index contributed by atoms with van der Waals surface area (Å²) in [6.07, 6.45) is 2.45. The fraction of sp³-hybridized carbons (Fsp3) is 0.625. The van der Waals surface area contributed by atoms with Crippen LogP contribution in [0.5, 0.6) is 0 Å². The summed E-state index contributed by atoms with van der Waals surface area (Å²) in [6.45, 7) is 6.81. The van der Waals surface area contributed by atoms with Gasteiger partial charge in [0.25, 0.3) is 0 Å². The predicted octanol–water partition coefficient (Wildman–Crippen LogP) is 3.17. The smallest absolute Gasteiger partial charge is 0.0568 e. The van der Waals surface area contributed by atoms with Crippen molar-refractivity contribution in [2.45, 2.75) is 55.2 Å². The van der Waals surface area contributed by atoms with Gasteiger partial charge in [0.1, 0.15) is 0 Å². The topological polar surface area (TPSA) is 46.2 Å². The first-order valence-corrected chi connectivity index (χ1v) is 7.93. The van der Waals surface area contributed by atoms with Crippen LogP contribution in [-0.2, 0) is 5.41 Å². The second-order valence-corrected chi connectivity index (χ2v) is 7.84. The highest BCUT2D eigenvalue weighted by Crippen LogP contribution is 2.38. The summed E-state index contributed by atoms with van der Waals surface area (Å²) >= 11 is 1.71. The van der Waals surface area contributed by atoms with Gasteiger partial charge in [0.15, 0.2) is 0 Å². The van der Waals surface area contributed by atoms with Gasteiger partial charge in [0, 0.05) is 16.2 Å². The van der Waals surface area contributed by atoms with Gasteiger partial charge < -0.3 is 10.8 Å². The highest BCUT2D eigenvalue weighted by molar-refractivity contribution is 8.00. The molecule has 19 heavy (non-hydrogen) atoms. The molecule has 0 heterocycles. The summed E-state index contributed by atoms with van der Waals surface area (Å²) < 4.78 is 0. The Morgan fingerprint density at radius 3 is 2.26 bits per heavy atom. The number of aliphatic hydroxyl groups excluding tert-OH is 1. The first-order valence-electron chi connectivity index (χ1n) is 7.05. The highest BCUT2D eigenvalue weighted by Gasteiger charge is 2.34. The Balaban J connectivity index is 2.01. The molecule has 2 nitrogen and oxygen atoms in total. The molecule has 1 saturated carbocycles. The minimum Gasteiger partial charge on any atom is -0.395 e. The van der Waals surface area contributed by atoms with Crippen molar-refractivity contribution in [3.63, 3.8) is 0 Å². The number of hydrogen-bond acceptors (Lipinski definition) is 3. The molecular weight excluding hydrogens is 254 g/mol. The number of nitrogens with two attached hydrogens (primary N) is 1. The molecule has 0 aliphatic heterocycles. The van der Waals surface area contributed by atoms with E-state index in [9.17, 15) is 5.11 Å². The van der Waals surface area contributed by atoms with Crippen molar-refractivity contribution in [2.24, 2.45) is 11.7 Å². The number of aliphatic hydroxyl groups is 1. The third-order valence-corrected chi connectivity index (χ3v) is 5.09. The lowest BCUT2D eigenvalue weighted by Crippen LogP contribution is -2.36. The maximum absolute atomic E-state index is 9.52. The lowest BCUT2D eigenvalue weighted by molar-refractivity contribution is 0.277. The minimum absolute atomic E-state index is 0.119. The molecule has 1 aromatic rings. The molecule has 106 valence electrons. The summed E-state index contributed by atoms with van der Waals surface area (Å²) in [5.74, 6) is 0.624. The standard InChI is InChI=1S/C16H25NOS/c1-16(2,3)12-6-8-13(9-7-12)19-14(10-18)15(17)11-4-5-11/h6-9,11,14-15,18H,4-5,10,17H2,1-3H3. The average molecular weight is 279 g/mol. The largest absolute Gasteiger partial charge is 0.395 e. The lowest BCUT2D eigenvalue weighted by atomic mass is 9.87. The summed E-state index contributed by atoms with van der Waals surface area (Å²) in [6, 6.07) is 8.78. The Labute approximate surface area is 120 Å². The van der Waals surface area contributed by atoms with Gasteiger partial charge in [-0.3, -0.25) is 0 Å². The SMILES string of the molecule is CC(C)(C)c1ccc(SC(CO)C(N)C2CC2)cc1. The Kier molecular flexibility index (Phi) is 4.59. The van der Waals surface area contributed by atoms with Gasteiger partial charge in [0.05, 0.1) is 6.61 Å². The number of rotatable bonds is 5. The highest BCUT2D eigenvalue weighted by atomic mass is 32.2. The molecule has 0 bridgehead atoms. The predicted molar refractivity (Wildman–Crippen MR) is 82.6 cm³/mol. The molecule has 2 unspecified atom stereocenters. The Hall–Kier alpha value is -0.510. The number of thioether (sulfide) groups is 1. The van der Waals surface area contributed by atoms with Crippen molar-refractivity contribution in [3.05, 3.63) is 29.8 Å². The summed E-state index contributed by atoms with van der Waals surface area (Å²) in [7, 11) is 0. The second kappa shape index (κ2) is 5.86. The molecule has 0 radical (unpaired) electrons. The molecule has 0 aromatic heterocycles. The molecule has 0 saturated heterocycles. The minimum atomic E-state index is 0.119. The zero-order valence-corrected chi connectivity index (χ0v) is 12.9. The third kappa shape index (κ3) is 3.98. The van der Waals surface area contributed by atoms with E-state index in [1.807, 2.05) is 0 Å². The van der Waals surface area contributed by atoms with Crippen LogP contribution >= 0.6 is 11.8 Å². The van der Waals surface area contributed by atoms with Crippen molar-refractivity contribution in [1.29, 1.82) is 0 Å². The summed E-state index contributed by atoms with van der Waals surface area (Å²) in [5.41, 5.74) is 7.72. The third-order valence-electron chi connectivity index (χ3n) is 3.78. The molecule has 0 spiro atoms. The summed E-state index contributed by atoms with van der Waals surface area (Å²) in [5, 5.41) is 9.64. The normalized spacial score (nSPS) is 19.2. The number of hydrogen-bond donors (Lipinski definition) is 2. The van der Waals surface area contributed by atoms with E-state index in [2.05, 4.69) is 45.0 Å². The average Bonchev–Trinajstić information content (AvgIpc) is 3.19. The van der Waals surface area contributed by atoms with Gasteiger partial charge in [-0.05, 0) is 41.9 Å². The monoisotopic (exact) mass is 279 g/mol. The van der Waals surface area contributed by atoms with Gasteiger partial charge in [0.2, 0.25) is 0 Å². The van der Waals surface area contributed by atoms with Crippen LogP contribution < -0.4 is 5.73 Å². The zero-order chi connectivity index (χ0) is 14.0. The molecule has 2 atom stereocenters. The Morgan fingerprint density at radius 1 is 1.26 bits per heavy atom. The van der Waals surface area contributed by atoms with Crippen LogP contribution in [0.2, 0.25) is 0 Å². The van der Waals surface area contributed by atoms with Crippen LogP contribution in [0.1, 0.15) is 39.2 Å². The van der Waals surface area contributed by atoms with Gasteiger partial charge >= 0.3 is 0 Å². The van der Waals surface area contributed by atoms with E-state index < -0.39 is 0 Å². The first kappa shape index (κ1) is 14.9. The molecule has 1 aromatic carbocycles. The van der Waals surface area contributed by atoms with E-state index in [0.29, 0.717) is 5.92 Å². The van der Waals surface area contributed by atoms with Crippen molar-refractivity contribution in [3.8, 4) is 0 Å². The van der Waals surface area contributed by atoms with Gasteiger partial charge in [-0.1, -0.05) is 32.9 Å². The van der Waals surface area contributed by atoms with Crippen LogP contribution in [-0.4, -0.2) is 23.0 Å². The van der Waals surface area contributed by atoms with Gasteiger partial charge in [-0.25, -0.2) is 0 Å². The molecule has 1 aliphatic carbocycles. The maximum atomic E-state index is 9.52. The quantitative estimate of drug-likeness (QED) is 0.814. The fourth-order valence-corrected chi connectivity index (χ4v) is 3.33. The molecule has 3 heteroatoms. The van der Waals surface area contributed by atoms with Crippen molar-refractivity contribution >= 4 is 11.8 Å². The van der Waals surface area contributed by atoms with Crippen LogP contribution in [0.25, 0.3) is 0 Å². The van der Waals surface area contributed by atoms with E-state index in [-0.39, 0.29) is 23.3 Å². The molecule has 2 rings (SSSR count). The van der Waals surface area contributed by atoms with Gasteiger partial charge in [-0.2, -0.15) is 0 Å². The lowest BCUT2D eigenvalue weighted by Gasteiger charge is -2.22. The Morgan fingerprint density at radius 2 is 1.84 bits per heavy atom. The van der Waals surface area contributed by atoms with E-state index in [4.69, 9.17) is 5.73 Å². The van der Waals surface area contributed by atoms with E-state index in [1.54, 1.807) is 11.8 Å². The van der Waals surface area contributed by atoms with Crippen LogP contribution in [0.15, 0.2) is 29.2 Å². The van der Waals surface area contributed by atoms with Crippen LogP contribution in [0.3, 0.4) is 0 Å². The zero-order valence-electron chi connectivity index (χ0n) is 12.1. The molecule has 1 aliphatic rings. The fourth-order valence-electron chi connectivity index (χ4n) is 2.23. The molecule has 3 N–H and O–H groups in total. The first-order chi connectivity index (χ1) is 8.91. The maximum Gasteiger partial charge on any atom is 0.0568 e. The van der Waals surface area contributed by atoms with Crippen molar-refractivity contribution < 1.29 is 5.11 Å². The number of benzene rings is 1. The van der Waals surface area contributed by atoms with Crippen molar-refractivity contribution in [1.82, 2.24) is 0 Å². The Bertz CT molecular complexity index is 406. The second-order valence-electron chi connectivity index (χ2n) is 6.53. The van der Waals surface area contributed by atoms with Crippen molar-refractivity contribution in [2.75, 3.05) is 6.61 Å². The van der Waals surface area contributed by atoms with Gasteiger partial charge in [-0.15, -0.1) is 11.8 Å². The van der Waals surface area contributed by atoms with E-state index >= 15 is 0 Å². The van der Waals surface area contributed by atoms with Crippen LogP contribution in [0, 0.1) is 5.92 Å². The van der Waals surface area contributed by atoms with E-state index in [0.717, 1.165) is 0 Å². The molecule has 0 amide bonds. The van der Waals surface area contributed by atoms with Crippen LogP contribution in [0.4, 0.5) is 0 Å². The summed E-state index contributed by atoms with van der Waals surface area (Å²) in [4.78, 5) is 1.20. The van der Waals surface area contributed by atoms with E-state index in [1.165, 1.54) is 23.3 Å². The molecular formula is C16H25NOS.